The molecule has 2 aromatic carbocycles. The lowest BCUT2D eigenvalue weighted by Gasteiger charge is -2.08. The lowest BCUT2D eigenvalue weighted by Crippen LogP contribution is -2.22. The fourth-order valence-electron chi connectivity index (χ4n) is 2.46. The van der Waals surface area contributed by atoms with Gasteiger partial charge in [-0.25, -0.2) is 4.68 Å². The highest BCUT2D eigenvalue weighted by Gasteiger charge is 2.05. The van der Waals surface area contributed by atoms with Gasteiger partial charge in [-0.05, 0) is 42.8 Å². The van der Waals surface area contributed by atoms with E-state index in [-0.39, 0.29) is 5.56 Å². The Morgan fingerprint density at radius 2 is 1.83 bits per heavy atom. The summed E-state index contributed by atoms with van der Waals surface area (Å²) in [5.74, 6) is 0.793. The Kier molecular flexibility index (Phi) is 4.24. The van der Waals surface area contributed by atoms with Crippen molar-refractivity contribution in [3.8, 4) is 17.0 Å². The van der Waals surface area contributed by atoms with Crippen LogP contribution in [0, 0.1) is 6.92 Å². The van der Waals surface area contributed by atoms with Gasteiger partial charge in [0.15, 0.2) is 0 Å². The molecule has 3 rings (SSSR count). The number of hydrogen-bond donors (Lipinski definition) is 0. The molecule has 4 nitrogen and oxygen atoms in total. The second-order valence-corrected chi connectivity index (χ2v) is 5.43. The monoisotopic (exact) mass is 306 g/mol. The molecule has 0 saturated carbocycles. The zero-order chi connectivity index (χ0) is 16.2. The number of hydrogen-bond acceptors (Lipinski definition) is 3. The summed E-state index contributed by atoms with van der Waals surface area (Å²) in [6.45, 7) is 2.50. The quantitative estimate of drug-likeness (QED) is 0.743. The first-order valence-electron chi connectivity index (χ1n) is 7.44. The Bertz CT molecular complexity index is 867. The number of methoxy groups -OCH3 is 1. The van der Waals surface area contributed by atoms with Crippen LogP contribution >= 0.6 is 0 Å². The SMILES string of the molecule is COc1ccc(-c2ccc(=O)n(Cc3cccc(C)c3)n2)cc1. The zero-order valence-corrected chi connectivity index (χ0v) is 13.2. The first kappa shape index (κ1) is 15.0. The minimum Gasteiger partial charge on any atom is -0.497 e. The topological polar surface area (TPSA) is 44.1 Å². The number of aromatic nitrogens is 2. The minimum absolute atomic E-state index is 0.108. The summed E-state index contributed by atoms with van der Waals surface area (Å²) in [6.07, 6.45) is 0. The molecule has 116 valence electrons. The van der Waals surface area contributed by atoms with E-state index >= 15 is 0 Å². The fourth-order valence-corrected chi connectivity index (χ4v) is 2.46. The van der Waals surface area contributed by atoms with Crippen LogP contribution in [0.5, 0.6) is 5.75 Å². The largest absolute Gasteiger partial charge is 0.497 e. The van der Waals surface area contributed by atoms with E-state index in [4.69, 9.17) is 4.74 Å². The summed E-state index contributed by atoms with van der Waals surface area (Å²) in [4.78, 5) is 12.1. The fraction of sp³-hybridized carbons (Fsp3) is 0.158. The summed E-state index contributed by atoms with van der Waals surface area (Å²) in [7, 11) is 1.63. The van der Waals surface area contributed by atoms with Crippen LogP contribution in [0.3, 0.4) is 0 Å². The number of rotatable bonds is 4. The minimum atomic E-state index is -0.108. The summed E-state index contributed by atoms with van der Waals surface area (Å²) in [5, 5.41) is 4.49. The van der Waals surface area contributed by atoms with E-state index in [1.54, 1.807) is 19.2 Å². The van der Waals surface area contributed by atoms with Crippen molar-refractivity contribution in [2.24, 2.45) is 0 Å². The van der Waals surface area contributed by atoms with Crippen LogP contribution in [-0.4, -0.2) is 16.9 Å². The number of benzene rings is 2. The number of aryl methyl sites for hydroxylation is 1. The molecular weight excluding hydrogens is 288 g/mol. The molecular formula is C19H18N2O2. The highest BCUT2D eigenvalue weighted by molar-refractivity contribution is 5.59. The molecule has 0 aliphatic rings. The lowest BCUT2D eigenvalue weighted by atomic mass is 10.1. The second-order valence-electron chi connectivity index (χ2n) is 5.43. The smallest absolute Gasteiger partial charge is 0.267 e. The van der Waals surface area contributed by atoms with Gasteiger partial charge in [0.25, 0.3) is 5.56 Å². The molecule has 0 saturated heterocycles. The molecule has 0 fully saturated rings. The number of ether oxygens (including phenoxy) is 1. The average Bonchev–Trinajstić information content (AvgIpc) is 2.57. The molecule has 0 amide bonds. The van der Waals surface area contributed by atoms with Crippen molar-refractivity contribution in [2.75, 3.05) is 7.11 Å². The Balaban J connectivity index is 1.93. The van der Waals surface area contributed by atoms with Crippen LogP contribution < -0.4 is 10.3 Å². The molecule has 1 heterocycles. The number of nitrogens with zero attached hydrogens (tertiary/aromatic N) is 2. The van der Waals surface area contributed by atoms with Gasteiger partial charge >= 0.3 is 0 Å². The van der Waals surface area contributed by atoms with Crippen LogP contribution in [0.2, 0.25) is 0 Å². The highest BCUT2D eigenvalue weighted by Crippen LogP contribution is 2.19. The first-order chi connectivity index (χ1) is 11.2. The van der Waals surface area contributed by atoms with Crippen LogP contribution in [0.4, 0.5) is 0 Å². The third kappa shape index (κ3) is 3.48. The van der Waals surface area contributed by atoms with Crippen LogP contribution in [0.25, 0.3) is 11.3 Å². The summed E-state index contributed by atoms with van der Waals surface area (Å²) >= 11 is 0. The normalized spacial score (nSPS) is 10.5. The summed E-state index contributed by atoms with van der Waals surface area (Å²) < 4.78 is 6.66. The maximum atomic E-state index is 12.1. The predicted molar refractivity (Wildman–Crippen MR) is 90.8 cm³/mol. The van der Waals surface area contributed by atoms with Crippen molar-refractivity contribution in [2.45, 2.75) is 13.5 Å². The molecule has 0 aliphatic carbocycles. The molecule has 0 atom stereocenters. The van der Waals surface area contributed by atoms with Gasteiger partial charge in [0.2, 0.25) is 0 Å². The Labute approximate surface area is 135 Å². The highest BCUT2D eigenvalue weighted by atomic mass is 16.5. The van der Waals surface area contributed by atoms with Gasteiger partial charge in [0.1, 0.15) is 5.75 Å². The van der Waals surface area contributed by atoms with E-state index in [1.165, 1.54) is 10.2 Å². The Hall–Kier alpha value is -2.88. The molecule has 23 heavy (non-hydrogen) atoms. The van der Waals surface area contributed by atoms with E-state index in [1.807, 2.05) is 49.4 Å². The molecule has 1 aromatic heterocycles. The van der Waals surface area contributed by atoms with Gasteiger partial charge in [-0.1, -0.05) is 29.8 Å². The van der Waals surface area contributed by atoms with Crippen molar-refractivity contribution < 1.29 is 4.74 Å². The van der Waals surface area contributed by atoms with Gasteiger partial charge in [-0.15, -0.1) is 0 Å². The standard InChI is InChI=1S/C19H18N2O2/c1-14-4-3-5-15(12-14)13-21-19(22)11-10-18(20-21)16-6-8-17(23-2)9-7-16/h3-12H,13H2,1-2H3. The predicted octanol–water partition coefficient (Wildman–Crippen LogP) is 3.28. The van der Waals surface area contributed by atoms with Gasteiger partial charge in [-0.3, -0.25) is 4.79 Å². The maximum Gasteiger partial charge on any atom is 0.267 e. The van der Waals surface area contributed by atoms with Crippen molar-refractivity contribution in [3.05, 3.63) is 82.1 Å². The molecule has 4 heteroatoms. The van der Waals surface area contributed by atoms with Crippen molar-refractivity contribution in [1.82, 2.24) is 9.78 Å². The molecule has 0 aliphatic heterocycles. The summed E-state index contributed by atoms with van der Waals surface area (Å²) in [5.41, 5.74) is 3.83. The van der Waals surface area contributed by atoms with Crippen molar-refractivity contribution in [1.29, 1.82) is 0 Å². The summed E-state index contributed by atoms with van der Waals surface area (Å²) in [6, 6.07) is 19.0. The van der Waals surface area contributed by atoms with E-state index < -0.39 is 0 Å². The van der Waals surface area contributed by atoms with Crippen molar-refractivity contribution >= 4 is 0 Å². The third-order valence-corrected chi connectivity index (χ3v) is 3.67. The Morgan fingerprint density at radius 3 is 2.52 bits per heavy atom. The van der Waals surface area contributed by atoms with Gasteiger partial charge in [-0.2, -0.15) is 5.10 Å². The Morgan fingerprint density at radius 1 is 1.04 bits per heavy atom. The maximum absolute atomic E-state index is 12.1. The van der Waals surface area contributed by atoms with E-state index in [0.717, 1.165) is 22.6 Å². The molecule has 0 bridgehead atoms. The molecule has 3 aromatic rings. The molecule has 0 unspecified atom stereocenters. The molecule has 0 N–H and O–H groups in total. The van der Waals surface area contributed by atoms with E-state index in [0.29, 0.717) is 6.54 Å². The van der Waals surface area contributed by atoms with Crippen molar-refractivity contribution in [3.63, 3.8) is 0 Å². The molecule has 0 spiro atoms. The van der Waals surface area contributed by atoms with E-state index in [9.17, 15) is 4.79 Å². The first-order valence-corrected chi connectivity index (χ1v) is 7.44. The van der Waals surface area contributed by atoms with Gasteiger partial charge < -0.3 is 4.74 Å². The van der Waals surface area contributed by atoms with E-state index in [2.05, 4.69) is 11.2 Å². The van der Waals surface area contributed by atoms with Crippen LogP contribution in [0.1, 0.15) is 11.1 Å². The van der Waals surface area contributed by atoms with Crippen LogP contribution in [-0.2, 0) is 6.54 Å². The van der Waals surface area contributed by atoms with Gasteiger partial charge in [0.05, 0.1) is 19.3 Å². The zero-order valence-electron chi connectivity index (χ0n) is 13.2. The van der Waals surface area contributed by atoms with Gasteiger partial charge in [0, 0.05) is 11.6 Å². The second kappa shape index (κ2) is 6.48. The van der Waals surface area contributed by atoms with Crippen LogP contribution in [0.15, 0.2) is 65.5 Å². The third-order valence-electron chi connectivity index (χ3n) is 3.67. The molecule has 0 radical (unpaired) electrons. The average molecular weight is 306 g/mol. The lowest BCUT2D eigenvalue weighted by molar-refractivity contribution is 0.415.